The molecule has 0 aliphatic rings. The van der Waals surface area contributed by atoms with E-state index in [1.165, 1.54) is 10.7 Å². The van der Waals surface area contributed by atoms with Crippen molar-refractivity contribution in [2.75, 3.05) is 5.32 Å². The van der Waals surface area contributed by atoms with Crippen molar-refractivity contribution in [3.05, 3.63) is 53.7 Å². The molecule has 0 fully saturated rings. The third kappa shape index (κ3) is 4.85. The van der Waals surface area contributed by atoms with E-state index in [0.29, 0.717) is 5.69 Å². The molecule has 0 unspecified atom stereocenters. The number of alkyl halides is 3. The smallest absolute Gasteiger partial charge is 0.417 e. The molecule has 0 radical (unpaired) electrons. The molecule has 168 valence electrons. The number of carbonyl (C=O) groups is 1. The number of nitrogens with zero attached hydrogens (tertiary/aromatic N) is 3. The normalized spacial score (nSPS) is 12.5. The molecular formula is C23H23F3N4O2. The Morgan fingerprint density at radius 1 is 1.09 bits per heavy atom. The molecule has 0 atom stereocenters. The van der Waals surface area contributed by atoms with E-state index in [1.807, 2.05) is 0 Å². The van der Waals surface area contributed by atoms with Crippen molar-refractivity contribution in [2.45, 2.75) is 51.8 Å². The number of amides is 1. The molecule has 6 nitrogen and oxygen atoms in total. The lowest BCUT2D eigenvalue weighted by Gasteiger charge is -2.20. The molecule has 2 aromatic carbocycles. The summed E-state index contributed by atoms with van der Waals surface area (Å²) in [6.45, 7) is 8.51. The zero-order valence-electron chi connectivity index (χ0n) is 18.3. The van der Waals surface area contributed by atoms with E-state index in [4.69, 9.17) is 4.74 Å². The second-order valence-electron chi connectivity index (χ2n) is 8.92. The van der Waals surface area contributed by atoms with E-state index in [0.717, 1.165) is 17.8 Å². The van der Waals surface area contributed by atoms with Gasteiger partial charge < -0.3 is 4.74 Å². The Hall–Kier alpha value is -3.54. The number of rotatable bonds is 3. The number of hydrogen-bond acceptors (Lipinski definition) is 4. The maximum Gasteiger partial charge on any atom is 0.417 e. The minimum atomic E-state index is -4.65. The summed E-state index contributed by atoms with van der Waals surface area (Å²) >= 11 is 0. The van der Waals surface area contributed by atoms with Crippen LogP contribution in [0, 0.1) is 11.3 Å². The van der Waals surface area contributed by atoms with Gasteiger partial charge in [-0.15, -0.1) is 0 Å². The number of aromatic nitrogens is 2. The first-order valence-electron chi connectivity index (χ1n) is 9.82. The van der Waals surface area contributed by atoms with Crippen LogP contribution in [0.25, 0.3) is 16.6 Å². The van der Waals surface area contributed by atoms with Crippen LogP contribution in [0.4, 0.5) is 23.7 Å². The van der Waals surface area contributed by atoms with E-state index >= 15 is 0 Å². The summed E-state index contributed by atoms with van der Waals surface area (Å²) in [5, 5.41) is 15.7. The lowest BCUT2D eigenvalue weighted by atomic mass is 9.86. The largest absolute Gasteiger partial charge is 0.444 e. The number of nitrogens with one attached hydrogen (secondary N) is 1. The lowest BCUT2D eigenvalue weighted by molar-refractivity contribution is -0.136. The van der Waals surface area contributed by atoms with Crippen molar-refractivity contribution < 1.29 is 22.7 Å². The van der Waals surface area contributed by atoms with E-state index in [1.54, 1.807) is 58.9 Å². The third-order valence-corrected chi connectivity index (χ3v) is 4.75. The number of ether oxygens (including phenoxy) is 1. The highest BCUT2D eigenvalue weighted by atomic mass is 19.4. The number of benzene rings is 2. The predicted molar refractivity (Wildman–Crippen MR) is 115 cm³/mol. The molecule has 1 N–H and O–H groups in total. The van der Waals surface area contributed by atoms with Gasteiger partial charge >= 0.3 is 12.3 Å². The molecule has 0 aliphatic carbocycles. The van der Waals surface area contributed by atoms with Crippen molar-refractivity contribution in [3.63, 3.8) is 0 Å². The van der Waals surface area contributed by atoms with Crippen LogP contribution in [-0.2, 0) is 16.3 Å². The molecule has 1 amide bonds. The molecule has 0 saturated carbocycles. The summed E-state index contributed by atoms with van der Waals surface area (Å²) in [5.74, 6) is 0. The second-order valence-corrected chi connectivity index (χ2v) is 8.92. The highest BCUT2D eigenvalue weighted by Gasteiger charge is 2.34. The minimum absolute atomic E-state index is 0.0666. The van der Waals surface area contributed by atoms with E-state index in [-0.39, 0.29) is 16.6 Å². The van der Waals surface area contributed by atoms with Crippen molar-refractivity contribution in [1.29, 1.82) is 5.26 Å². The number of fused-ring (bicyclic) bond motifs is 1. The zero-order valence-corrected chi connectivity index (χ0v) is 18.3. The first-order chi connectivity index (χ1) is 14.7. The Morgan fingerprint density at radius 3 is 2.25 bits per heavy atom. The monoisotopic (exact) mass is 444 g/mol. The lowest BCUT2D eigenvalue weighted by Crippen LogP contribution is -2.27. The SMILES string of the molecule is CC(C)(C)OC(=O)Nc1cc(C(F)(F)F)c2cnn(-c3ccc(C(C)(C)C#N)cc3)c2c1. The first-order valence-corrected chi connectivity index (χ1v) is 9.82. The third-order valence-electron chi connectivity index (χ3n) is 4.75. The van der Waals surface area contributed by atoms with Crippen molar-refractivity contribution in [1.82, 2.24) is 9.78 Å². The van der Waals surface area contributed by atoms with Gasteiger partial charge in [0.15, 0.2) is 0 Å². The van der Waals surface area contributed by atoms with Gasteiger partial charge in [-0.3, -0.25) is 5.32 Å². The number of halogens is 3. The molecule has 1 heterocycles. The predicted octanol–water partition coefficient (Wildman–Crippen LogP) is 6.19. The van der Waals surface area contributed by atoms with Crippen LogP contribution < -0.4 is 5.32 Å². The van der Waals surface area contributed by atoms with Crippen LogP contribution in [0.2, 0.25) is 0 Å². The Morgan fingerprint density at radius 2 is 1.72 bits per heavy atom. The highest BCUT2D eigenvalue weighted by molar-refractivity contribution is 5.92. The zero-order chi connectivity index (χ0) is 23.9. The summed E-state index contributed by atoms with van der Waals surface area (Å²) in [4.78, 5) is 12.1. The van der Waals surface area contributed by atoms with Crippen LogP contribution in [-0.4, -0.2) is 21.5 Å². The maximum absolute atomic E-state index is 13.7. The van der Waals surface area contributed by atoms with E-state index in [9.17, 15) is 23.2 Å². The molecule has 0 spiro atoms. The summed E-state index contributed by atoms with van der Waals surface area (Å²) in [6.07, 6.45) is -4.37. The number of nitriles is 1. The standard InChI is InChI=1S/C23H23F3N4O2/c1-21(2,3)32-20(31)29-15-10-18(23(24,25)26)17-12-28-30(19(17)11-15)16-8-6-14(7-9-16)22(4,5)13-27/h6-12H,1-5H3,(H,29,31). The van der Waals surface area contributed by atoms with Crippen LogP contribution in [0.5, 0.6) is 0 Å². The summed E-state index contributed by atoms with van der Waals surface area (Å²) < 4.78 is 47.7. The maximum atomic E-state index is 13.7. The van der Waals surface area contributed by atoms with Crippen LogP contribution >= 0.6 is 0 Å². The molecule has 1 aromatic heterocycles. The van der Waals surface area contributed by atoms with Gasteiger partial charge in [0.25, 0.3) is 0 Å². The van der Waals surface area contributed by atoms with Crippen LogP contribution in [0.1, 0.15) is 45.7 Å². The second kappa shape index (κ2) is 7.86. The summed E-state index contributed by atoms with van der Waals surface area (Å²) in [7, 11) is 0. The van der Waals surface area contributed by atoms with Gasteiger partial charge in [-0.25, -0.2) is 9.48 Å². The van der Waals surface area contributed by atoms with E-state index < -0.39 is 28.8 Å². The number of hydrogen-bond donors (Lipinski definition) is 1. The fourth-order valence-corrected chi connectivity index (χ4v) is 3.14. The molecule has 0 saturated heterocycles. The molecule has 3 aromatic rings. The molecule has 0 aliphatic heterocycles. The first kappa shape index (κ1) is 23.1. The van der Waals surface area contributed by atoms with Gasteiger partial charge in [0.1, 0.15) is 5.60 Å². The molecule has 3 rings (SSSR count). The molecule has 0 bridgehead atoms. The van der Waals surface area contributed by atoms with Crippen LogP contribution in [0.3, 0.4) is 0 Å². The highest BCUT2D eigenvalue weighted by Crippen LogP contribution is 2.38. The topological polar surface area (TPSA) is 79.9 Å². The van der Waals surface area contributed by atoms with Gasteiger partial charge in [0, 0.05) is 11.1 Å². The summed E-state index contributed by atoms with van der Waals surface area (Å²) in [5.41, 5.74) is -1.06. The molecule has 32 heavy (non-hydrogen) atoms. The Balaban J connectivity index is 2.09. The van der Waals surface area contributed by atoms with Gasteiger partial charge in [-0.05, 0) is 64.4 Å². The van der Waals surface area contributed by atoms with E-state index in [2.05, 4.69) is 16.5 Å². The van der Waals surface area contributed by atoms with Gasteiger partial charge in [0.05, 0.1) is 34.4 Å². The molecular weight excluding hydrogens is 421 g/mol. The molecule has 9 heteroatoms. The van der Waals surface area contributed by atoms with Gasteiger partial charge in [-0.1, -0.05) is 12.1 Å². The minimum Gasteiger partial charge on any atom is -0.444 e. The quantitative estimate of drug-likeness (QED) is 0.522. The average Bonchev–Trinajstić information content (AvgIpc) is 3.09. The summed E-state index contributed by atoms with van der Waals surface area (Å²) in [6, 6.07) is 11.3. The van der Waals surface area contributed by atoms with Crippen molar-refractivity contribution in [2.24, 2.45) is 0 Å². The fraction of sp³-hybridized carbons (Fsp3) is 0.348. The van der Waals surface area contributed by atoms with Crippen molar-refractivity contribution in [3.8, 4) is 11.8 Å². The van der Waals surface area contributed by atoms with Crippen LogP contribution in [0.15, 0.2) is 42.6 Å². The Labute approximate surface area is 183 Å². The van der Waals surface area contributed by atoms with Gasteiger partial charge in [0.2, 0.25) is 0 Å². The Bertz CT molecular complexity index is 1200. The van der Waals surface area contributed by atoms with Crippen molar-refractivity contribution >= 4 is 22.7 Å². The number of anilines is 1. The van der Waals surface area contributed by atoms with Gasteiger partial charge in [-0.2, -0.15) is 23.5 Å². The average molecular weight is 444 g/mol. The number of carbonyl (C=O) groups excluding carboxylic acids is 1. The fourth-order valence-electron chi connectivity index (χ4n) is 3.14. The Kier molecular flexibility index (Phi) is 5.68.